The maximum Gasteiger partial charge on any atom is 0.303 e. The summed E-state index contributed by atoms with van der Waals surface area (Å²) in [5, 5.41) is 24.4. The molecule has 0 saturated heterocycles. The van der Waals surface area contributed by atoms with Crippen LogP contribution in [-0.4, -0.2) is 52.9 Å². The number of aryl methyl sites for hydroxylation is 1. The molecule has 0 bridgehead atoms. The lowest BCUT2D eigenvalue weighted by molar-refractivity contribution is -0.137. The summed E-state index contributed by atoms with van der Waals surface area (Å²) >= 11 is 6.17. The van der Waals surface area contributed by atoms with Gasteiger partial charge in [0, 0.05) is 48.1 Å². The molecule has 0 aliphatic carbocycles. The van der Waals surface area contributed by atoms with E-state index in [-0.39, 0.29) is 18.2 Å². The first kappa shape index (κ1) is 26.9. The van der Waals surface area contributed by atoms with Crippen molar-refractivity contribution < 1.29 is 19.8 Å². The summed E-state index contributed by atoms with van der Waals surface area (Å²) in [6, 6.07) is 20.1. The number of benzene rings is 3. The van der Waals surface area contributed by atoms with Crippen molar-refractivity contribution in [1.29, 1.82) is 0 Å². The van der Waals surface area contributed by atoms with Crippen molar-refractivity contribution >= 4 is 51.5 Å². The van der Waals surface area contributed by atoms with Crippen molar-refractivity contribution in [3.8, 4) is 5.88 Å². The number of aliphatic imine (C=N–C) groups is 1. The van der Waals surface area contributed by atoms with E-state index >= 15 is 0 Å². The summed E-state index contributed by atoms with van der Waals surface area (Å²) < 4.78 is 0. The molecule has 196 valence electrons. The number of anilines is 1. The summed E-state index contributed by atoms with van der Waals surface area (Å²) in [5.41, 5.74) is 4.64. The van der Waals surface area contributed by atoms with Gasteiger partial charge in [0.15, 0.2) is 5.88 Å². The zero-order chi connectivity index (χ0) is 27.2. The van der Waals surface area contributed by atoms with E-state index in [1.54, 1.807) is 17.0 Å². The van der Waals surface area contributed by atoms with Crippen molar-refractivity contribution in [2.75, 3.05) is 25.0 Å². The molecule has 0 atom stereocenters. The van der Waals surface area contributed by atoms with Gasteiger partial charge >= 0.3 is 5.97 Å². The Hall–Kier alpha value is -4.14. The first-order chi connectivity index (χ1) is 18.3. The lowest BCUT2D eigenvalue weighted by atomic mass is 9.97. The van der Waals surface area contributed by atoms with Crippen LogP contribution in [0.15, 0.2) is 71.7 Å². The average Bonchev–Trinajstić information content (AvgIpc) is 3.21. The number of fused-ring (bicyclic) bond motifs is 1. The minimum Gasteiger partial charge on any atom is -0.494 e. The van der Waals surface area contributed by atoms with Gasteiger partial charge in [0.25, 0.3) is 0 Å². The Balaban J connectivity index is 1.81. The third kappa shape index (κ3) is 6.22. The van der Waals surface area contributed by atoms with Crippen LogP contribution in [0.1, 0.15) is 30.0 Å². The SMILES string of the molecule is CNCCN(C(C)=O)c1ccc(N=C(c2cccc(CCC(=O)O)c2)c2c(O)[nH]c3cc(Cl)ccc23)cc1. The molecule has 1 amide bonds. The molecule has 0 fully saturated rings. The highest BCUT2D eigenvalue weighted by molar-refractivity contribution is 6.31. The number of carboxylic acid groups (broad SMARTS) is 1. The number of aromatic amines is 1. The number of rotatable bonds is 10. The van der Waals surface area contributed by atoms with Crippen LogP contribution in [0.4, 0.5) is 11.4 Å². The predicted molar refractivity (Wildman–Crippen MR) is 151 cm³/mol. The minimum absolute atomic E-state index is 0.00836. The molecule has 0 saturated carbocycles. The van der Waals surface area contributed by atoms with Crippen LogP contribution in [0.5, 0.6) is 5.88 Å². The number of carbonyl (C=O) groups excluding carboxylic acids is 1. The summed E-state index contributed by atoms with van der Waals surface area (Å²) in [5.74, 6) is -0.981. The van der Waals surface area contributed by atoms with Gasteiger partial charge in [-0.25, -0.2) is 4.99 Å². The van der Waals surface area contributed by atoms with Gasteiger partial charge in [0.1, 0.15) is 0 Å². The number of aromatic hydroxyl groups is 1. The number of nitrogens with one attached hydrogen (secondary N) is 2. The molecule has 1 heterocycles. The molecule has 3 aromatic carbocycles. The number of nitrogens with zero attached hydrogens (tertiary/aromatic N) is 2. The number of aromatic nitrogens is 1. The van der Waals surface area contributed by atoms with E-state index < -0.39 is 5.97 Å². The van der Waals surface area contributed by atoms with E-state index in [0.29, 0.717) is 47.0 Å². The lowest BCUT2D eigenvalue weighted by Crippen LogP contribution is -2.34. The van der Waals surface area contributed by atoms with Gasteiger partial charge in [-0.05, 0) is 61.5 Å². The van der Waals surface area contributed by atoms with Gasteiger partial charge in [0.05, 0.1) is 22.5 Å². The van der Waals surface area contributed by atoms with Gasteiger partial charge < -0.3 is 25.4 Å². The van der Waals surface area contributed by atoms with Gasteiger partial charge in [-0.3, -0.25) is 9.59 Å². The normalized spacial score (nSPS) is 11.6. The number of hydrogen-bond donors (Lipinski definition) is 4. The Morgan fingerprint density at radius 2 is 1.84 bits per heavy atom. The highest BCUT2D eigenvalue weighted by atomic mass is 35.5. The second-order valence-electron chi connectivity index (χ2n) is 8.88. The highest BCUT2D eigenvalue weighted by Crippen LogP contribution is 2.33. The molecule has 38 heavy (non-hydrogen) atoms. The Morgan fingerprint density at radius 1 is 1.08 bits per heavy atom. The fourth-order valence-electron chi connectivity index (χ4n) is 4.31. The quantitative estimate of drug-likeness (QED) is 0.207. The van der Waals surface area contributed by atoms with E-state index in [4.69, 9.17) is 21.7 Å². The van der Waals surface area contributed by atoms with Crippen molar-refractivity contribution in [3.63, 3.8) is 0 Å². The van der Waals surface area contributed by atoms with Crippen LogP contribution in [0.3, 0.4) is 0 Å². The van der Waals surface area contributed by atoms with Gasteiger partial charge in [0.2, 0.25) is 5.91 Å². The third-order valence-electron chi connectivity index (χ3n) is 6.17. The number of H-pyrrole nitrogens is 1. The molecule has 0 unspecified atom stereocenters. The Kier molecular flexibility index (Phi) is 8.45. The molecule has 0 radical (unpaired) electrons. The van der Waals surface area contributed by atoms with Crippen molar-refractivity contribution in [2.24, 2.45) is 4.99 Å². The number of amides is 1. The van der Waals surface area contributed by atoms with E-state index in [2.05, 4.69) is 10.3 Å². The topological polar surface area (TPSA) is 118 Å². The lowest BCUT2D eigenvalue weighted by Gasteiger charge is -2.21. The molecule has 0 aliphatic heterocycles. The number of carboxylic acids is 1. The van der Waals surface area contributed by atoms with Crippen molar-refractivity contribution in [2.45, 2.75) is 19.8 Å². The van der Waals surface area contributed by atoms with Crippen LogP contribution in [-0.2, 0) is 16.0 Å². The monoisotopic (exact) mass is 532 g/mol. The molecular weight excluding hydrogens is 504 g/mol. The molecule has 0 aliphatic rings. The Labute approximate surface area is 225 Å². The summed E-state index contributed by atoms with van der Waals surface area (Å²) in [6.07, 6.45) is 0.378. The number of likely N-dealkylation sites (N-methyl/N-ethyl adjacent to an activating group) is 1. The van der Waals surface area contributed by atoms with Crippen LogP contribution in [0, 0.1) is 0 Å². The highest BCUT2D eigenvalue weighted by Gasteiger charge is 2.20. The van der Waals surface area contributed by atoms with Crippen LogP contribution in [0.2, 0.25) is 5.02 Å². The molecular formula is C29H29ClN4O4. The maximum atomic E-state index is 12.2. The van der Waals surface area contributed by atoms with Crippen molar-refractivity contribution in [1.82, 2.24) is 10.3 Å². The molecule has 4 aromatic rings. The van der Waals surface area contributed by atoms with Crippen LogP contribution in [0.25, 0.3) is 10.9 Å². The number of hydrogen-bond acceptors (Lipinski definition) is 5. The molecule has 4 N–H and O–H groups in total. The molecule has 4 rings (SSSR count). The second kappa shape index (κ2) is 11.9. The zero-order valence-corrected chi connectivity index (χ0v) is 21.9. The van der Waals surface area contributed by atoms with Crippen LogP contribution >= 0.6 is 11.6 Å². The molecule has 1 aromatic heterocycles. The zero-order valence-electron chi connectivity index (χ0n) is 21.2. The van der Waals surface area contributed by atoms with Crippen molar-refractivity contribution in [3.05, 3.63) is 88.4 Å². The largest absolute Gasteiger partial charge is 0.494 e. The van der Waals surface area contributed by atoms with Gasteiger partial charge in [-0.1, -0.05) is 35.9 Å². The average molecular weight is 533 g/mol. The minimum atomic E-state index is -0.871. The summed E-state index contributed by atoms with van der Waals surface area (Å²) in [7, 11) is 1.84. The van der Waals surface area contributed by atoms with E-state index in [1.807, 2.05) is 61.6 Å². The second-order valence-corrected chi connectivity index (χ2v) is 9.32. The third-order valence-corrected chi connectivity index (χ3v) is 6.41. The van der Waals surface area contributed by atoms with Gasteiger partial charge in [-0.15, -0.1) is 0 Å². The Bertz CT molecular complexity index is 1490. The first-order valence-electron chi connectivity index (χ1n) is 12.2. The Morgan fingerprint density at radius 3 is 2.53 bits per heavy atom. The summed E-state index contributed by atoms with van der Waals surface area (Å²) in [6.45, 7) is 2.73. The predicted octanol–water partition coefficient (Wildman–Crippen LogP) is 5.29. The van der Waals surface area contributed by atoms with E-state index in [0.717, 1.165) is 22.2 Å². The molecule has 0 spiro atoms. The smallest absolute Gasteiger partial charge is 0.303 e. The maximum absolute atomic E-state index is 12.2. The van der Waals surface area contributed by atoms with E-state index in [9.17, 15) is 14.7 Å². The number of halogens is 1. The fourth-order valence-corrected chi connectivity index (χ4v) is 4.49. The fraction of sp³-hybridized carbons (Fsp3) is 0.207. The number of carbonyl (C=O) groups is 2. The van der Waals surface area contributed by atoms with Gasteiger partial charge in [-0.2, -0.15) is 0 Å². The standard InChI is InChI=1S/C29H29ClN4O4/c1-18(35)34(15-14-31-2)23-10-8-22(9-11-23)32-28(20-5-3-4-19(16-20)6-13-26(36)37)27-24-12-7-21(30)17-25(24)33-29(27)38/h3-5,7-12,16-17,31,33,38H,6,13-15H2,1-2H3,(H,36,37). The number of aliphatic carboxylic acids is 1. The van der Waals surface area contributed by atoms with Crippen LogP contribution < -0.4 is 10.2 Å². The summed E-state index contributed by atoms with van der Waals surface area (Å²) in [4.78, 5) is 32.9. The first-order valence-corrected chi connectivity index (χ1v) is 12.6. The molecule has 9 heteroatoms. The molecule has 8 nitrogen and oxygen atoms in total. The van der Waals surface area contributed by atoms with E-state index in [1.165, 1.54) is 6.92 Å².